The summed E-state index contributed by atoms with van der Waals surface area (Å²) in [5.41, 5.74) is 3.60. The molecule has 2 aromatic carbocycles. The highest BCUT2D eigenvalue weighted by Gasteiger charge is 2.13. The molecule has 26 heavy (non-hydrogen) atoms. The Hall–Kier alpha value is -3.25. The molecule has 5 rings (SSSR count). The Morgan fingerprint density at radius 1 is 0.923 bits per heavy atom. The molecule has 0 saturated carbocycles. The van der Waals surface area contributed by atoms with E-state index in [1.54, 1.807) is 17.0 Å². The molecule has 0 aliphatic rings. The summed E-state index contributed by atoms with van der Waals surface area (Å²) in [4.78, 5) is 9.20. The Labute approximate surface area is 153 Å². The molecule has 5 aromatic rings. The highest BCUT2D eigenvalue weighted by Crippen LogP contribution is 2.22. The fourth-order valence-electron chi connectivity index (χ4n) is 2.96. The molecule has 0 saturated heterocycles. The SMILES string of the molecule is Clc1ccc(-c2nc3c4cnn(Cc5ccccc5)c4ncn3n2)cc1. The molecule has 0 unspecified atom stereocenters. The van der Waals surface area contributed by atoms with Gasteiger partial charge < -0.3 is 0 Å². The van der Waals surface area contributed by atoms with E-state index in [2.05, 4.69) is 32.3 Å². The highest BCUT2D eigenvalue weighted by atomic mass is 35.5. The summed E-state index contributed by atoms with van der Waals surface area (Å²) in [6.45, 7) is 0.658. The van der Waals surface area contributed by atoms with Gasteiger partial charge in [0.15, 0.2) is 17.1 Å². The average molecular weight is 361 g/mol. The zero-order chi connectivity index (χ0) is 17.5. The quantitative estimate of drug-likeness (QED) is 0.490. The first-order chi connectivity index (χ1) is 12.8. The number of aromatic nitrogens is 6. The number of fused-ring (bicyclic) bond motifs is 3. The van der Waals surface area contributed by atoms with Gasteiger partial charge in [0, 0.05) is 10.6 Å². The van der Waals surface area contributed by atoms with E-state index >= 15 is 0 Å². The van der Waals surface area contributed by atoms with Crippen LogP contribution in [0.15, 0.2) is 67.1 Å². The first-order valence-corrected chi connectivity index (χ1v) is 8.52. The maximum atomic E-state index is 5.96. The summed E-state index contributed by atoms with van der Waals surface area (Å²) in [7, 11) is 0. The minimum atomic E-state index is 0.631. The molecule has 6 nitrogen and oxygen atoms in total. The van der Waals surface area contributed by atoms with Crippen molar-refractivity contribution in [3.63, 3.8) is 0 Å². The third kappa shape index (κ3) is 2.51. The van der Waals surface area contributed by atoms with Crippen molar-refractivity contribution in [3.05, 3.63) is 77.7 Å². The van der Waals surface area contributed by atoms with Crippen molar-refractivity contribution in [2.75, 3.05) is 0 Å². The summed E-state index contributed by atoms with van der Waals surface area (Å²) in [6.07, 6.45) is 3.47. The van der Waals surface area contributed by atoms with E-state index in [0.717, 1.165) is 22.2 Å². The van der Waals surface area contributed by atoms with E-state index in [4.69, 9.17) is 11.6 Å². The van der Waals surface area contributed by atoms with Crippen LogP contribution in [0.25, 0.3) is 28.1 Å². The minimum absolute atomic E-state index is 0.631. The van der Waals surface area contributed by atoms with Gasteiger partial charge in [-0.25, -0.2) is 19.2 Å². The molecule has 0 atom stereocenters. The number of halogens is 1. The molecular formula is C19H13ClN6. The van der Waals surface area contributed by atoms with Crippen LogP contribution in [-0.2, 0) is 6.54 Å². The van der Waals surface area contributed by atoms with E-state index in [9.17, 15) is 0 Å². The second-order valence-electron chi connectivity index (χ2n) is 5.98. The molecule has 126 valence electrons. The molecule has 0 aliphatic heterocycles. The molecule has 0 fully saturated rings. The maximum absolute atomic E-state index is 5.96. The predicted molar refractivity (Wildman–Crippen MR) is 100 cm³/mol. The van der Waals surface area contributed by atoms with Crippen molar-refractivity contribution >= 4 is 28.3 Å². The van der Waals surface area contributed by atoms with Gasteiger partial charge in [0.25, 0.3) is 0 Å². The van der Waals surface area contributed by atoms with Gasteiger partial charge in [-0.05, 0) is 29.8 Å². The molecule has 0 N–H and O–H groups in total. The van der Waals surface area contributed by atoms with E-state index in [-0.39, 0.29) is 0 Å². The first kappa shape index (κ1) is 15.0. The zero-order valence-electron chi connectivity index (χ0n) is 13.6. The number of hydrogen-bond acceptors (Lipinski definition) is 4. The van der Waals surface area contributed by atoms with Crippen molar-refractivity contribution in [2.45, 2.75) is 6.54 Å². The van der Waals surface area contributed by atoms with Crippen molar-refractivity contribution in [3.8, 4) is 11.4 Å². The smallest absolute Gasteiger partial charge is 0.182 e. The Morgan fingerprint density at radius 2 is 1.73 bits per heavy atom. The van der Waals surface area contributed by atoms with E-state index in [1.165, 1.54) is 5.56 Å². The lowest BCUT2D eigenvalue weighted by Gasteiger charge is -2.02. The lowest BCUT2D eigenvalue weighted by molar-refractivity contribution is 0.702. The first-order valence-electron chi connectivity index (χ1n) is 8.15. The minimum Gasteiger partial charge on any atom is -0.243 e. The molecular weight excluding hydrogens is 348 g/mol. The summed E-state index contributed by atoms with van der Waals surface area (Å²) < 4.78 is 3.56. The fraction of sp³-hybridized carbons (Fsp3) is 0.0526. The fourth-order valence-corrected chi connectivity index (χ4v) is 3.09. The van der Waals surface area contributed by atoms with Crippen molar-refractivity contribution in [2.24, 2.45) is 0 Å². The molecule has 3 heterocycles. The number of nitrogens with zero attached hydrogens (tertiary/aromatic N) is 6. The summed E-state index contributed by atoms with van der Waals surface area (Å²) in [6, 6.07) is 17.6. The molecule has 0 aliphatic carbocycles. The lowest BCUT2D eigenvalue weighted by atomic mass is 10.2. The maximum Gasteiger partial charge on any atom is 0.182 e. The van der Waals surface area contributed by atoms with Crippen LogP contribution >= 0.6 is 11.6 Å². The molecule has 3 aromatic heterocycles. The van der Waals surface area contributed by atoms with Gasteiger partial charge in [0.05, 0.1) is 18.1 Å². The van der Waals surface area contributed by atoms with Gasteiger partial charge in [0.1, 0.15) is 6.33 Å². The number of rotatable bonds is 3. The van der Waals surface area contributed by atoms with Gasteiger partial charge >= 0.3 is 0 Å². The third-order valence-corrected chi connectivity index (χ3v) is 4.50. The van der Waals surface area contributed by atoms with E-state index in [0.29, 0.717) is 17.4 Å². The van der Waals surface area contributed by atoms with Gasteiger partial charge in [-0.1, -0.05) is 41.9 Å². The topological polar surface area (TPSA) is 60.9 Å². The van der Waals surface area contributed by atoms with Gasteiger partial charge in [-0.2, -0.15) is 5.10 Å². The van der Waals surface area contributed by atoms with Crippen molar-refractivity contribution in [1.82, 2.24) is 29.4 Å². The highest BCUT2D eigenvalue weighted by molar-refractivity contribution is 6.30. The van der Waals surface area contributed by atoms with Crippen LogP contribution in [0, 0.1) is 0 Å². The van der Waals surface area contributed by atoms with Crippen molar-refractivity contribution < 1.29 is 0 Å². The summed E-state index contributed by atoms with van der Waals surface area (Å²) in [5, 5.41) is 10.6. The van der Waals surface area contributed by atoms with Crippen LogP contribution in [0.2, 0.25) is 5.02 Å². The predicted octanol–water partition coefficient (Wildman–Crippen LogP) is 3.84. The standard InChI is InChI=1S/C19H13ClN6/c20-15-8-6-14(7-9-15)17-23-19-16-10-22-25(11-13-4-2-1-3-5-13)18(16)21-12-26(19)24-17/h1-10,12H,11H2. The Bertz CT molecular complexity index is 1210. The van der Waals surface area contributed by atoms with Crippen LogP contribution in [0.1, 0.15) is 5.56 Å². The van der Waals surface area contributed by atoms with Crippen LogP contribution < -0.4 is 0 Å². The molecule has 0 amide bonds. The molecule has 7 heteroatoms. The van der Waals surface area contributed by atoms with E-state index < -0.39 is 0 Å². The third-order valence-electron chi connectivity index (χ3n) is 4.25. The Balaban J connectivity index is 1.61. The zero-order valence-corrected chi connectivity index (χ0v) is 14.4. The second kappa shape index (κ2) is 5.93. The van der Waals surface area contributed by atoms with Gasteiger partial charge in [-0.15, -0.1) is 5.10 Å². The molecule has 0 bridgehead atoms. The van der Waals surface area contributed by atoms with Crippen LogP contribution in [-0.4, -0.2) is 29.4 Å². The second-order valence-corrected chi connectivity index (χ2v) is 6.42. The van der Waals surface area contributed by atoms with Crippen molar-refractivity contribution in [1.29, 1.82) is 0 Å². The Morgan fingerprint density at radius 3 is 2.54 bits per heavy atom. The van der Waals surface area contributed by atoms with Gasteiger partial charge in [0.2, 0.25) is 0 Å². The lowest BCUT2D eigenvalue weighted by Crippen LogP contribution is -2.03. The average Bonchev–Trinajstić information content (AvgIpc) is 3.27. The summed E-state index contributed by atoms with van der Waals surface area (Å²) in [5.74, 6) is 0.631. The monoisotopic (exact) mass is 360 g/mol. The van der Waals surface area contributed by atoms with Crippen LogP contribution in [0.3, 0.4) is 0 Å². The summed E-state index contributed by atoms with van der Waals surface area (Å²) >= 11 is 5.96. The van der Waals surface area contributed by atoms with Crippen LogP contribution in [0.5, 0.6) is 0 Å². The Kier molecular flexibility index (Phi) is 3.43. The molecule has 0 radical (unpaired) electrons. The number of benzene rings is 2. The normalized spacial score (nSPS) is 11.4. The largest absolute Gasteiger partial charge is 0.243 e. The molecule has 0 spiro atoms. The van der Waals surface area contributed by atoms with E-state index in [1.807, 2.05) is 47.1 Å². The number of hydrogen-bond donors (Lipinski definition) is 0. The van der Waals surface area contributed by atoms with Crippen LogP contribution in [0.4, 0.5) is 0 Å². The van der Waals surface area contributed by atoms with Gasteiger partial charge in [-0.3, -0.25) is 0 Å².